The van der Waals surface area contributed by atoms with Crippen molar-refractivity contribution in [3.63, 3.8) is 0 Å². The number of benzene rings is 1. The van der Waals surface area contributed by atoms with Crippen LogP contribution in [0.2, 0.25) is 0 Å². The fourth-order valence-corrected chi connectivity index (χ4v) is 2.14. The quantitative estimate of drug-likeness (QED) is 0.683. The number of amides is 1. The molecule has 0 radical (unpaired) electrons. The van der Waals surface area contributed by atoms with E-state index in [0.29, 0.717) is 0 Å². The first-order valence-electron chi connectivity index (χ1n) is 5.46. The number of hydrogen-bond acceptors (Lipinski definition) is 5. The molecule has 1 aromatic carbocycles. The second kappa shape index (κ2) is 6.96. The molecule has 0 spiro atoms. The van der Waals surface area contributed by atoms with Gasteiger partial charge in [-0.2, -0.15) is 4.72 Å². The number of sulfonamides is 1. The number of nitrogens with one attached hydrogen (secondary N) is 2. The summed E-state index contributed by atoms with van der Waals surface area (Å²) in [5.74, 6) is -2.16. The number of carbonyl (C=O) groups is 2. The minimum atomic E-state index is -4.01. The molecule has 110 valence electrons. The Bertz CT molecular complexity index is 603. The molecule has 0 saturated heterocycles. The van der Waals surface area contributed by atoms with Crippen LogP contribution in [-0.2, 0) is 24.3 Å². The van der Waals surface area contributed by atoms with E-state index in [2.05, 4.69) is 10.1 Å². The van der Waals surface area contributed by atoms with Gasteiger partial charge < -0.3 is 10.1 Å². The molecule has 0 fully saturated rings. The molecule has 0 aliphatic rings. The maximum Gasteiger partial charge on any atom is 0.321 e. The highest BCUT2D eigenvalue weighted by molar-refractivity contribution is 7.89. The maximum atomic E-state index is 12.9. The van der Waals surface area contributed by atoms with Gasteiger partial charge in [-0.25, -0.2) is 12.8 Å². The average Bonchev–Trinajstić information content (AvgIpc) is 2.42. The zero-order chi connectivity index (χ0) is 15.2. The van der Waals surface area contributed by atoms with E-state index in [0.717, 1.165) is 12.1 Å². The Balaban J connectivity index is 2.56. The van der Waals surface area contributed by atoms with Crippen LogP contribution in [0.3, 0.4) is 0 Å². The fourth-order valence-electron chi connectivity index (χ4n) is 1.14. The van der Waals surface area contributed by atoms with Gasteiger partial charge in [-0.05, 0) is 18.2 Å². The Morgan fingerprint density at radius 1 is 1.35 bits per heavy atom. The third-order valence-electron chi connectivity index (χ3n) is 2.16. The lowest BCUT2D eigenvalue weighted by molar-refractivity contribution is -0.147. The molecular formula is C11H13FN2O5S. The topological polar surface area (TPSA) is 102 Å². The van der Waals surface area contributed by atoms with Gasteiger partial charge in [-0.15, -0.1) is 0 Å². The van der Waals surface area contributed by atoms with E-state index in [4.69, 9.17) is 0 Å². The van der Waals surface area contributed by atoms with Crippen molar-refractivity contribution in [1.29, 1.82) is 0 Å². The van der Waals surface area contributed by atoms with Crippen molar-refractivity contribution in [2.75, 3.05) is 20.2 Å². The summed E-state index contributed by atoms with van der Waals surface area (Å²) in [4.78, 5) is 21.7. The summed E-state index contributed by atoms with van der Waals surface area (Å²) >= 11 is 0. The number of carbonyl (C=O) groups excluding carboxylic acids is 2. The van der Waals surface area contributed by atoms with E-state index in [9.17, 15) is 22.4 Å². The molecule has 0 aromatic heterocycles. The van der Waals surface area contributed by atoms with Crippen LogP contribution >= 0.6 is 0 Å². The molecule has 0 aliphatic carbocycles. The molecule has 1 rings (SSSR count). The minimum absolute atomic E-state index is 0.309. The smallest absolute Gasteiger partial charge is 0.321 e. The lowest BCUT2D eigenvalue weighted by Crippen LogP contribution is -2.33. The third-order valence-corrected chi connectivity index (χ3v) is 3.55. The van der Waals surface area contributed by atoms with Crippen molar-refractivity contribution >= 4 is 21.9 Å². The fraction of sp³-hybridized carbons (Fsp3) is 0.273. The zero-order valence-electron chi connectivity index (χ0n) is 10.6. The van der Waals surface area contributed by atoms with E-state index in [1.807, 2.05) is 4.72 Å². The highest BCUT2D eigenvalue weighted by Crippen LogP contribution is 2.09. The summed E-state index contributed by atoms with van der Waals surface area (Å²) in [5, 5.41) is 2.23. The summed E-state index contributed by atoms with van der Waals surface area (Å²) in [5.41, 5.74) is 0. The van der Waals surface area contributed by atoms with Crippen molar-refractivity contribution in [1.82, 2.24) is 10.0 Å². The third kappa shape index (κ3) is 4.94. The molecule has 0 atom stereocenters. The summed E-state index contributed by atoms with van der Waals surface area (Å²) in [6, 6.07) is 4.32. The molecule has 0 aliphatic heterocycles. The van der Waals surface area contributed by atoms with Crippen LogP contribution in [0.4, 0.5) is 4.39 Å². The van der Waals surface area contributed by atoms with Gasteiger partial charge in [-0.3, -0.25) is 9.59 Å². The second-order valence-electron chi connectivity index (χ2n) is 3.62. The van der Waals surface area contributed by atoms with Crippen LogP contribution in [0.5, 0.6) is 0 Å². The molecule has 1 amide bonds. The molecule has 2 N–H and O–H groups in total. The first-order chi connectivity index (χ1) is 9.35. The standard InChI is InChI=1S/C11H13FN2O5S/c1-13-10(15)7-19-11(16)6-14-20(17,18)9-4-2-3-8(12)5-9/h2-5,14H,6-7H2,1H3,(H,13,15). The summed E-state index contributed by atoms with van der Waals surface area (Å²) in [6.07, 6.45) is 0. The monoisotopic (exact) mass is 304 g/mol. The number of ether oxygens (including phenoxy) is 1. The van der Waals surface area contributed by atoms with Crippen LogP contribution < -0.4 is 10.0 Å². The molecular weight excluding hydrogens is 291 g/mol. The van der Waals surface area contributed by atoms with Crippen LogP contribution in [0.1, 0.15) is 0 Å². The van der Waals surface area contributed by atoms with Crippen molar-refractivity contribution in [3.05, 3.63) is 30.1 Å². The Morgan fingerprint density at radius 3 is 2.65 bits per heavy atom. The van der Waals surface area contributed by atoms with Crippen LogP contribution in [-0.4, -0.2) is 40.5 Å². The van der Waals surface area contributed by atoms with Crippen LogP contribution in [0.15, 0.2) is 29.2 Å². The van der Waals surface area contributed by atoms with Gasteiger partial charge in [0.1, 0.15) is 12.4 Å². The first kappa shape index (κ1) is 16.1. The Hall–Kier alpha value is -2.00. The number of hydrogen-bond donors (Lipinski definition) is 2. The lowest BCUT2D eigenvalue weighted by atomic mass is 10.4. The largest absolute Gasteiger partial charge is 0.455 e. The van der Waals surface area contributed by atoms with Gasteiger partial charge in [-0.1, -0.05) is 6.07 Å². The molecule has 1 aromatic rings. The molecule has 7 nitrogen and oxygen atoms in total. The first-order valence-corrected chi connectivity index (χ1v) is 6.95. The van der Waals surface area contributed by atoms with Gasteiger partial charge in [0.2, 0.25) is 10.0 Å². The molecule has 0 heterocycles. The molecule has 0 bridgehead atoms. The lowest BCUT2D eigenvalue weighted by Gasteiger charge is -2.07. The Morgan fingerprint density at radius 2 is 2.05 bits per heavy atom. The van der Waals surface area contributed by atoms with Crippen molar-refractivity contribution in [2.45, 2.75) is 4.90 Å². The van der Waals surface area contributed by atoms with Crippen molar-refractivity contribution in [2.24, 2.45) is 0 Å². The summed E-state index contributed by atoms with van der Waals surface area (Å²) in [6.45, 7) is -1.16. The van der Waals surface area contributed by atoms with E-state index in [1.165, 1.54) is 19.2 Å². The van der Waals surface area contributed by atoms with Crippen molar-refractivity contribution in [3.8, 4) is 0 Å². The van der Waals surface area contributed by atoms with Gasteiger partial charge in [0.15, 0.2) is 6.61 Å². The molecule has 0 saturated carbocycles. The number of rotatable bonds is 6. The summed E-state index contributed by atoms with van der Waals surface area (Å²) < 4.78 is 42.8. The molecule has 20 heavy (non-hydrogen) atoms. The average molecular weight is 304 g/mol. The zero-order valence-corrected chi connectivity index (χ0v) is 11.4. The van der Waals surface area contributed by atoms with E-state index in [-0.39, 0.29) is 4.90 Å². The van der Waals surface area contributed by atoms with Crippen LogP contribution in [0, 0.1) is 5.82 Å². The van der Waals surface area contributed by atoms with E-state index in [1.54, 1.807) is 0 Å². The van der Waals surface area contributed by atoms with E-state index < -0.39 is 40.9 Å². The second-order valence-corrected chi connectivity index (χ2v) is 5.38. The maximum absolute atomic E-state index is 12.9. The number of esters is 1. The van der Waals surface area contributed by atoms with Gasteiger partial charge in [0.05, 0.1) is 4.90 Å². The molecule has 0 unspecified atom stereocenters. The predicted molar refractivity (Wildman–Crippen MR) is 66.6 cm³/mol. The predicted octanol–water partition coefficient (Wildman–Crippen LogP) is -0.607. The van der Waals surface area contributed by atoms with Gasteiger partial charge in [0, 0.05) is 7.05 Å². The minimum Gasteiger partial charge on any atom is -0.455 e. The number of likely N-dealkylation sites (N-methyl/N-ethyl adjacent to an activating group) is 1. The SMILES string of the molecule is CNC(=O)COC(=O)CNS(=O)(=O)c1cccc(F)c1. The normalized spacial score (nSPS) is 10.9. The highest BCUT2D eigenvalue weighted by atomic mass is 32.2. The van der Waals surface area contributed by atoms with Gasteiger partial charge >= 0.3 is 5.97 Å². The molecule has 9 heteroatoms. The number of halogens is 1. The highest BCUT2D eigenvalue weighted by Gasteiger charge is 2.16. The van der Waals surface area contributed by atoms with E-state index >= 15 is 0 Å². The Labute approximate surface area is 115 Å². The summed E-state index contributed by atoms with van der Waals surface area (Å²) in [7, 11) is -2.65. The van der Waals surface area contributed by atoms with Crippen molar-refractivity contribution < 1.29 is 27.1 Å². The Kier molecular flexibility index (Phi) is 5.59. The van der Waals surface area contributed by atoms with Gasteiger partial charge in [0.25, 0.3) is 5.91 Å². The van der Waals surface area contributed by atoms with Crippen LogP contribution in [0.25, 0.3) is 0 Å².